The monoisotopic (exact) mass is 290 g/mol. The van der Waals surface area contributed by atoms with E-state index in [1.165, 1.54) is 0 Å². The molecule has 4 nitrogen and oxygen atoms in total. The first kappa shape index (κ1) is 15.6. The summed E-state index contributed by atoms with van der Waals surface area (Å²) in [6, 6.07) is 11.7. The van der Waals surface area contributed by atoms with Crippen molar-refractivity contribution >= 4 is 10.8 Å². The molecule has 0 bridgehead atoms. The molecule has 0 aliphatic carbocycles. The van der Waals surface area contributed by atoms with Crippen LogP contribution >= 0.6 is 0 Å². The van der Waals surface area contributed by atoms with Crippen LogP contribution in [0.25, 0.3) is 10.8 Å². The van der Waals surface area contributed by atoms with Crippen molar-refractivity contribution in [2.24, 2.45) is 0 Å². The van der Waals surface area contributed by atoms with Crippen LogP contribution < -0.4 is 9.47 Å². The summed E-state index contributed by atoms with van der Waals surface area (Å²) in [5, 5.41) is 11.6. The molecule has 21 heavy (non-hydrogen) atoms. The molecule has 0 fully saturated rings. The van der Waals surface area contributed by atoms with Gasteiger partial charge in [0.05, 0.1) is 12.7 Å². The first-order chi connectivity index (χ1) is 10.3. The van der Waals surface area contributed by atoms with Crippen molar-refractivity contribution in [1.82, 2.24) is 0 Å². The molecule has 1 unspecified atom stereocenters. The molecule has 0 amide bonds. The SMILES string of the molecule is CCC(O)COc1ccc(OCCOC)c2ccccc12. The van der Waals surface area contributed by atoms with Gasteiger partial charge in [-0.3, -0.25) is 0 Å². The smallest absolute Gasteiger partial charge is 0.127 e. The summed E-state index contributed by atoms with van der Waals surface area (Å²) >= 11 is 0. The van der Waals surface area contributed by atoms with E-state index in [1.807, 2.05) is 43.3 Å². The Hall–Kier alpha value is -1.78. The standard InChI is InChI=1S/C17H22O4/c1-3-13(18)12-21-17-9-8-16(20-11-10-19-2)14-6-4-5-7-15(14)17/h4-9,13,18H,3,10-12H2,1-2H3. The van der Waals surface area contributed by atoms with Gasteiger partial charge in [0.1, 0.15) is 24.7 Å². The summed E-state index contributed by atoms with van der Waals surface area (Å²) in [6.07, 6.45) is 0.234. The van der Waals surface area contributed by atoms with Crippen LogP contribution in [0.3, 0.4) is 0 Å². The molecule has 0 radical (unpaired) electrons. The second-order valence-electron chi connectivity index (χ2n) is 4.82. The van der Waals surface area contributed by atoms with Crippen molar-refractivity contribution in [3.05, 3.63) is 36.4 Å². The number of benzene rings is 2. The van der Waals surface area contributed by atoms with Crippen molar-refractivity contribution in [2.75, 3.05) is 26.9 Å². The van der Waals surface area contributed by atoms with Gasteiger partial charge in [0.2, 0.25) is 0 Å². The zero-order chi connectivity index (χ0) is 15.1. The molecule has 2 aromatic rings. The molecule has 0 heterocycles. The van der Waals surface area contributed by atoms with Gasteiger partial charge in [-0.2, -0.15) is 0 Å². The minimum Gasteiger partial charge on any atom is -0.491 e. The molecule has 2 rings (SSSR count). The normalized spacial score (nSPS) is 12.3. The quantitative estimate of drug-likeness (QED) is 0.759. The summed E-state index contributed by atoms with van der Waals surface area (Å²) in [4.78, 5) is 0. The van der Waals surface area contributed by atoms with Crippen molar-refractivity contribution in [1.29, 1.82) is 0 Å². The minimum atomic E-state index is -0.443. The molecule has 0 saturated heterocycles. The van der Waals surface area contributed by atoms with Crippen LogP contribution in [0.2, 0.25) is 0 Å². The Kier molecular flexibility index (Phi) is 5.84. The molecular weight excluding hydrogens is 268 g/mol. The highest BCUT2D eigenvalue weighted by Gasteiger charge is 2.09. The van der Waals surface area contributed by atoms with E-state index in [-0.39, 0.29) is 0 Å². The largest absolute Gasteiger partial charge is 0.491 e. The second kappa shape index (κ2) is 7.86. The molecule has 0 aliphatic heterocycles. The summed E-state index contributed by atoms with van der Waals surface area (Å²) in [6.45, 7) is 3.29. The van der Waals surface area contributed by atoms with Crippen molar-refractivity contribution in [2.45, 2.75) is 19.4 Å². The van der Waals surface area contributed by atoms with Gasteiger partial charge in [-0.1, -0.05) is 31.2 Å². The molecular formula is C17H22O4. The zero-order valence-corrected chi connectivity index (χ0v) is 12.5. The predicted molar refractivity (Wildman–Crippen MR) is 83.1 cm³/mol. The van der Waals surface area contributed by atoms with Gasteiger partial charge in [-0.25, -0.2) is 0 Å². The number of ether oxygens (including phenoxy) is 3. The fraction of sp³-hybridized carbons (Fsp3) is 0.412. The maximum absolute atomic E-state index is 9.63. The summed E-state index contributed by atoms with van der Waals surface area (Å²) in [5.74, 6) is 1.57. The number of rotatable bonds is 8. The molecule has 1 atom stereocenters. The number of methoxy groups -OCH3 is 1. The highest BCUT2D eigenvalue weighted by molar-refractivity contribution is 5.93. The minimum absolute atomic E-state index is 0.296. The Labute approximate surface area is 125 Å². The molecule has 0 spiro atoms. The third-order valence-corrected chi connectivity index (χ3v) is 3.29. The van der Waals surface area contributed by atoms with E-state index < -0.39 is 6.10 Å². The van der Waals surface area contributed by atoms with Gasteiger partial charge >= 0.3 is 0 Å². The maximum Gasteiger partial charge on any atom is 0.127 e. The number of aliphatic hydroxyl groups is 1. The Bertz CT molecular complexity index is 568. The number of aliphatic hydroxyl groups excluding tert-OH is 1. The highest BCUT2D eigenvalue weighted by atomic mass is 16.5. The van der Waals surface area contributed by atoms with Crippen LogP contribution in [-0.4, -0.2) is 38.1 Å². The summed E-state index contributed by atoms with van der Waals surface area (Å²) < 4.78 is 16.5. The number of hydrogen-bond acceptors (Lipinski definition) is 4. The lowest BCUT2D eigenvalue weighted by Gasteiger charge is -2.15. The average molecular weight is 290 g/mol. The molecule has 0 saturated carbocycles. The van der Waals surface area contributed by atoms with Crippen LogP contribution in [0.4, 0.5) is 0 Å². The van der Waals surface area contributed by atoms with Crippen LogP contribution in [0.15, 0.2) is 36.4 Å². The highest BCUT2D eigenvalue weighted by Crippen LogP contribution is 2.33. The molecule has 0 aliphatic rings. The summed E-state index contributed by atoms with van der Waals surface area (Å²) in [5.41, 5.74) is 0. The van der Waals surface area contributed by atoms with Crippen LogP contribution in [0.1, 0.15) is 13.3 Å². The second-order valence-corrected chi connectivity index (χ2v) is 4.82. The number of fused-ring (bicyclic) bond motifs is 1. The fourth-order valence-electron chi connectivity index (χ4n) is 2.03. The van der Waals surface area contributed by atoms with E-state index in [1.54, 1.807) is 7.11 Å². The third kappa shape index (κ3) is 4.09. The molecule has 1 N–H and O–H groups in total. The fourth-order valence-corrected chi connectivity index (χ4v) is 2.03. The van der Waals surface area contributed by atoms with Crippen LogP contribution in [-0.2, 0) is 4.74 Å². The van der Waals surface area contributed by atoms with Crippen LogP contribution in [0.5, 0.6) is 11.5 Å². The molecule has 2 aromatic carbocycles. The molecule has 4 heteroatoms. The maximum atomic E-state index is 9.63. The van der Waals surface area contributed by atoms with Crippen molar-refractivity contribution in [3.63, 3.8) is 0 Å². The Morgan fingerprint density at radius 1 is 0.952 bits per heavy atom. The van der Waals surface area contributed by atoms with Crippen molar-refractivity contribution < 1.29 is 19.3 Å². The van der Waals surface area contributed by atoms with E-state index in [0.717, 1.165) is 22.3 Å². The van der Waals surface area contributed by atoms with Gasteiger partial charge in [0, 0.05) is 17.9 Å². The van der Waals surface area contributed by atoms with Gasteiger partial charge in [0.15, 0.2) is 0 Å². The molecule has 114 valence electrons. The van der Waals surface area contributed by atoms with E-state index in [9.17, 15) is 5.11 Å². The zero-order valence-electron chi connectivity index (χ0n) is 12.5. The lowest BCUT2D eigenvalue weighted by Crippen LogP contribution is -2.16. The first-order valence-electron chi connectivity index (χ1n) is 7.20. The lowest BCUT2D eigenvalue weighted by atomic mass is 10.1. The van der Waals surface area contributed by atoms with E-state index in [2.05, 4.69) is 0 Å². The number of hydrogen-bond donors (Lipinski definition) is 1. The predicted octanol–water partition coefficient (Wildman–Crippen LogP) is 3.01. The van der Waals surface area contributed by atoms with Crippen molar-refractivity contribution in [3.8, 4) is 11.5 Å². The average Bonchev–Trinajstić information content (AvgIpc) is 2.53. The van der Waals surface area contributed by atoms with E-state index >= 15 is 0 Å². The van der Waals surface area contributed by atoms with E-state index in [0.29, 0.717) is 26.2 Å². The van der Waals surface area contributed by atoms with E-state index in [4.69, 9.17) is 14.2 Å². The van der Waals surface area contributed by atoms with Gasteiger partial charge in [0.25, 0.3) is 0 Å². The van der Waals surface area contributed by atoms with Gasteiger partial charge < -0.3 is 19.3 Å². The summed E-state index contributed by atoms with van der Waals surface area (Å²) in [7, 11) is 1.65. The Morgan fingerprint density at radius 3 is 2.14 bits per heavy atom. The Balaban J connectivity index is 2.22. The van der Waals surface area contributed by atoms with Gasteiger partial charge in [-0.15, -0.1) is 0 Å². The van der Waals surface area contributed by atoms with Gasteiger partial charge in [-0.05, 0) is 18.6 Å². The van der Waals surface area contributed by atoms with Crippen LogP contribution in [0, 0.1) is 0 Å². The lowest BCUT2D eigenvalue weighted by molar-refractivity contribution is 0.105. The topological polar surface area (TPSA) is 47.9 Å². The Morgan fingerprint density at radius 2 is 1.57 bits per heavy atom. The third-order valence-electron chi connectivity index (χ3n) is 3.29. The first-order valence-corrected chi connectivity index (χ1v) is 7.20. The molecule has 0 aromatic heterocycles.